The molecule has 15 heteroatoms. The van der Waals surface area contributed by atoms with Gasteiger partial charge in [-0.2, -0.15) is 10.2 Å². The molecule has 12 nitrogen and oxygen atoms in total. The lowest BCUT2D eigenvalue weighted by molar-refractivity contribution is -0.122. The third-order valence-electron chi connectivity index (χ3n) is 12.9. The molecule has 2 N–H and O–H groups in total. The van der Waals surface area contributed by atoms with Crippen molar-refractivity contribution in [2.75, 3.05) is 13.2 Å². The smallest absolute Gasteiger partial charge is 0.332 e. The van der Waals surface area contributed by atoms with Crippen LogP contribution in [-0.2, 0) is 16.1 Å². The monoisotopic (exact) mass is 878 g/mol. The molecule has 1 saturated carbocycles. The second-order valence-electron chi connectivity index (χ2n) is 17.4. The maximum absolute atomic E-state index is 15.4. The summed E-state index contributed by atoms with van der Waals surface area (Å²) in [6.07, 6.45) is 7.92. The number of fused-ring (bicyclic) bond motifs is 1. The number of thiophene rings is 1. The van der Waals surface area contributed by atoms with Gasteiger partial charge in [0.1, 0.15) is 33.5 Å². The van der Waals surface area contributed by atoms with Gasteiger partial charge in [0.25, 0.3) is 13.9 Å². The lowest BCUT2D eigenvalue weighted by Gasteiger charge is -2.44. The van der Waals surface area contributed by atoms with Gasteiger partial charge in [0, 0.05) is 17.7 Å². The number of carbonyl (C=O) groups is 1. The third-order valence-corrected chi connectivity index (χ3v) is 18.7. The molecule has 2 aliphatic rings. The molecule has 8 rings (SSSR count). The number of unbranched alkanes of at least 4 members (excludes halogenated alkanes) is 1. The second kappa shape index (κ2) is 18.2. The van der Waals surface area contributed by atoms with Crippen molar-refractivity contribution < 1.29 is 23.5 Å². The van der Waals surface area contributed by atoms with E-state index in [2.05, 4.69) is 60.6 Å². The Morgan fingerprint density at radius 1 is 0.952 bits per heavy atom. The Labute approximate surface area is 365 Å². The molecular weight excluding hydrogens is 824 g/mol. The molecule has 6 aromatic rings. The second-order valence-corrected chi connectivity index (χ2v) is 22.3. The Hall–Kier alpha value is -5.22. The highest BCUT2D eigenvalue weighted by molar-refractivity contribution is 7.21. The van der Waals surface area contributed by atoms with E-state index in [1.54, 1.807) is 13.0 Å². The highest BCUT2D eigenvalue weighted by Gasteiger charge is 2.51. The predicted octanol–water partition coefficient (Wildman–Crippen LogP) is 6.73. The van der Waals surface area contributed by atoms with E-state index < -0.39 is 48.5 Å². The number of nitrogens with zero attached hydrogens (tertiary/aromatic N) is 5. The maximum Gasteiger partial charge on any atom is 0.332 e. The molecule has 62 heavy (non-hydrogen) atoms. The van der Waals surface area contributed by atoms with E-state index in [0.29, 0.717) is 58.6 Å². The SMILES string of the molecule is CCCCOc1ccc(F)cc1[C@H](Cn1c(=O)n([C@H]2CCNC2=O)c(=O)c2c(C)c(-n3nccn3)sc21)OC1CCC(CC(C)(C)[Si](O)(c2ccccc2)c2ccccc2)CC1. The molecular formula is C47H55FN6O6SSi. The van der Waals surface area contributed by atoms with E-state index in [9.17, 15) is 19.2 Å². The molecule has 1 amide bonds. The molecule has 3 aromatic heterocycles. The quantitative estimate of drug-likeness (QED) is 0.0806. The molecule has 2 atom stereocenters. The third kappa shape index (κ3) is 8.35. The minimum Gasteiger partial charge on any atom is -0.493 e. The van der Waals surface area contributed by atoms with E-state index in [4.69, 9.17) is 9.47 Å². The van der Waals surface area contributed by atoms with Crippen molar-refractivity contribution in [3.63, 3.8) is 0 Å². The van der Waals surface area contributed by atoms with Crippen LogP contribution in [0, 0.1) is 18.7 Å². The zero-order valence-electron chi connectivity index (χ0n) is 35.8. The van der Waals surface area contributed by atoms with Gasteiger partial charge >= 0.3 is 5.69 Å². The zero-order valence-corrected chi connectivity index (χ0v) is 37.6. The number of ether oxygens (including phenoxy) is 2. The number of rotatable bonds is 16. The van der Waals surface area contributed by atoms with Crippen LogP contribution in [0.3, 0.4) is 0 Å². The highest BCUT2D eigenvalue weighted by atomic mass is 32.1. The van der Waals surface area contributed by atoms with E-state index in [1.165, 1.54) is 45.2 Å². The molecule has 4 heterocycles. The molecule has 0 unspecified atom stereocenters. The average Bonchev–Trinajstić information content (AvgIpc) is 4.04. The first kappa shape index (κ1) is 43.4. The van der Waals surface area contributed by atoms with Crippen molar-refractivity contribution in [1.29, 1.82) is 0 Å². The van der Waals surface area contributed by atoms with Gasteiger partial charge in [-0.1, -0.05) is 99.2 Å². The molecule has 2 fully saturated rings. The summed E-state index contributed by atoms with van der Waals surface area (Å²) in [5.41, 5.74) is -0.166. The number of hydrogen-bond donors (Lipinski definition) is 2. The Bertz CT molecular complexity index is 2590. The van der Waals surface area contributed by atoms with Gasteiger partial charge in [-0.25, -0.2) is 13.8 Å². The van der Waals surface area contributed by atoms with E-state index in [-0.39, 0.29) is 24.5 Å². The van der Waals surface area contributed by atoms with Gasteiger partial charge in [0.2, 0.25) is 5.91 Å². The molecule has 1 saturated heterocycles. The molecule has 0 radical (unpaired) electrons. The predicted molar refractivity (Wildman–Crippen MR) is 242 cm³/mol. The Morgan fingerprint density at radius 3 is 2.23 bits per heavy atom. The van der Waals surface area contributed by atoms with E-state index >= 15 is 4.39 Å². The van der Waals surface area contributed by atoms with Crippen LogP contribution in [0.4, 0.5) is 4.39 Å². The van der Waals surface area contributed by atoms with Crippen LogP contribution in [0.1, 0.15) is 95.4 Å². The number of aryl methyl sites for hydroxylation is 1. The Morgan fingerprint density at radius 2 is 1.61 bits per heavy atom. The van der Waals surface area contributed by atoms with Gasteiger partial charge in [-0.15, -0.1) is 4.80 Å². The highest BCUT2D eigenvalue weighted by Crippen LogP contribution is 2.46. The number of amides is 1. The van der Waals surface area contributed by atoms with Crippen LogP contribution in [-0.4, -0.2) is 62.4 Å². The topological polar surface area (TPSA) is 142 Å². The molecule has 3 aromatic carbocycles. The standard InChI is InChI=1S/C47H55FN6O6SSi/c1-5-6-27-59-39-22-19-33(48)28-37(39)40(30-52-45-41(31(2)44(61-45)54-50-25-26-51-54)43(56)53(46(52)57)38-23-24-49-42(38)55)60-34-20-17-32(18-21-34)29-47(3,4)62(58,35-13-9-7-10-14-35)36-15-11-8-12-16-36/h7-16,19,22,25-26,28,32,34,38,40,58H,5-6,17-18,20-21,23-24,27,29-30H2,1-4H3,(H,49,55)/t32?,34?,38-,40-/m0/s1. The van der Waals surface area contributed by atoms with Crippen LogP contribution in [0.5, 0.6) is 5.75 Å². The molecule has 1 aliphatic carbocycles. The van der Waals surface area contributed by atoms with Crippen molar-refractivity contribution >= 4 is 46.2 Å². The lowest BCUT2D eigenvalue weighted by atomic mass is 9.82. The molecule has 0 bridgehead atoms. The summed E-state index contributed by atoms with van der Waals surface area (Å²) < 4.78 is 31.3. The summed E-state index contributed by atoms with van der Waals surface area (Å²) in [5, 5.41) is 13.8. The molecule has 326 valence electrons. The van der Waals surface area contributed by atoms with Gasteiger partial charge in [-0.3, -0.25) is 14.2 Å². The van der Waals surface area contributed by atoms with Crippen LogP contribution in [0.2, 0.25) is 5.04 Å². The van der Waals surface area contributed by atoms with E-state index in [0.717, 1.165) is 47.0 Å². The number of hydrogen-bond acceptors (Lipinski definition) is 9. The van der Waals surface area contributed by atoms with Crippen LogP contribution in [0.25, 0.3) is 15.2 Å². The van der Waals surface area contributed by atoms with Crippen LogP contribution < -0.4 is 31.7 Å². The fourth-order valence-electron chi connectivity index (χ4n) is 9.62. The summed E-state index contributed by atoms with van der Waals surface area (Å²) >= 11 is 1.21. The summed E-state index contributed by atoms with van der Waals surface area (Å²) in [6.45, 7) is 8.94. The van der Waals surface area contributed by atoms with Gasteiger partial charge in [0.05, 0.1) is 37.0 Å². The summed E-state index contributed by atoms with van der Waals surface area (Å²) in [4.78, 5) is 56.8. The van der Waals surface area contributed by atoms with Gasteiger partial charge < -0.3 is 19.6 Å². The largest absolute Gasteiger partial charge is 0.493 e. The van der Waals surface area contributed by atoms with Gasteiger partial charge in [0.15, 0.2) is 0 Å². The lowest BCUT2D eigenvalue weighted by Crippen LogP contribution is -2.65. The fourth-order valence-corrected chi connectivity index (χ4v) is 14.7. The summed E-state index contributed by atoms with van der Waals surface area (Å²) in [6, 6.07) is 23.6. The van der Waals surface area contributed by atoms with E-state index in [1.807, 2.05) is 36.4 Å². The fraction of sp³-hybridized carbons (Fsp3) is 0.426. The maximum atomic E-state index is 15.4. The van der Waals surface area contributed by atoms with Crippen LogP contribution in [0.15, 0.2) is 101 Å². The molecule has 0 spiro atoms. The van der Waals surface area contributed by atoms with Crippen molar-refractivity contribution in [3.8, 4) is 10.8 Å². The normalized spacial score (nSPS) is 18.9. The first-order valence-corrected chi connectivity index (χ1v) is 24.5. The first-order valence-electron chi connectivity index (χ1n) is 21.7. The van der Waals surface area contributed by atoms with Crippen molar-refractivity contribution in [1.82, 2.24) is 29.4 Å². The minimum atomic E-state index is -3.21. The number of carbonyl (C=O) groups excluding carboxylic acids is 1. The van der Waals surface area contributed by atoms with Gasteiger partial charge in [-0.05, 0) is 91.4 Å². The van der Waals surface area contributed by atoms with Crippen molar-refractivity contribution in [2.24, 2.45) is 5.92 Å². The number of benzene rings is 3. The Kier molecular flexibility index (Phi) is 12.8. The van der Waals surface area contributed by atoms with Crippen LogP contribution >= 0.6 is 11.3 Å². The number of halogens is 1. The summed E-state index contributed by atoms with van der Waals surface area (Å²) in [7, 11) is -3.21. The zero-order chi connectivity index (χ0) is 43.6. The van der Waals surface area contributed by atoms with Crippen molar-refractivity contribution in [2.45, 2.75) is 109 Å². The molecule has 1 aliphatic heterocycles. The number of nitrogens with one attached hydrogen (secondary N) is 1. The Balaban J connectivity index is 1.14. The first-order chi connectivity index (χ1) is 29.9. The van der Waals surface area contributed by atoms with Crippen molar-refractivity contribution in [3.05, 3.63) is 129 Å². The minimum absolute atomic E-state index is 0.0801. The summed E-state index contributed by atoms with van der Waals surface area (Å²) in [5.74, 6) is -0.0818. The number of aromatic nitrogens is 5. The average molecular weight is 879 g/mol.